The van der Waals surface area contributed by atoms with Crippen LogP contribution in [0.5, 0.6) is 0 Å². The third-order valence-corrected chi connectivity index (χ3v) is 6.12. The average Bonchev–Trinajstić information content (AvgIpc) is 3.13. The van der Waals surface area contributed by atoms with E-state index in [-0.39, 0.29) is 11.7 Å². The van der Waals surface area contributed by atoms with Crippen LogP contribution in [-0.4, -0.2) is 75.9 Å². The minimum atomic E-state index is -0.0111. The highest BCUT2D eigenvalue weighted by Crippen LogP contribution is 2.29. The molecular weight excluding hydrogens is 400 g/mol. The van der Waals surface area contributed by atoms with E-state index < -0.39 is 0 Å². The van der Waals surface area contributed by atoms with E-state index in [1.165, 1.54) is 11.8 Å². The first-order valence-corrected chi connectivity index (χ1v) is 11.1. The van der Waals surface area contributed by atoms with Gasteiger partial charge in [-0.05, 0) is 26.0 Å². The van der Waals surface area contributed by atoms with Gasteiger partial charge in [0.25, 0.3) is 0 Å². The molecule has 1 aliphatic rings. The molecule has 0 aliphatic carbocycles. The summed E-state index contributed by atoms with van der Waals surface area (Å²) in [5.74, 6) is 0.274. The lowest BCUT2D eigenvalue weighted by molar-refractivity contribution is -0.118. The van der Waals surface area contributed by atoms with E-state index in [0.717, 1.165) is 60.8 Å². The third-order valence-electron chi connectivity index (χ3n) is 5.17. The Bertz CT molecular complexity index is 1020. The van der Waals surface area contributed by atoms with E-state index in [2.05, 4.69) is 20.4 Å². The number of ether oxygens (including phenoxy) is 1. The van der Waals surface area contributed by atoms with Crippen molar-refractivity contribution >= 4 is 28.6 Å². The van der Waals surface area contributed by atoms with Gasteiger partial charge in [0.2, 0.25) is 5.91 Å². The Morgan fingerprint density at radius 2 is 1.93 bits per heavy atom. The molecular formula is C21H26N6O2S. The molecule has 0 atom stereocenters. The van der Waals surface area contributed by atoms with Crippen molar-refractivity contribution in [3.8, 4) is 5.69 Å². The lowest BCUT2D eigenvalue weighted by atomic mass is 10.2. The van der Waals surface area contributed by atoms with Gasteiger partial charge in [0, 0.05) is 31.6 Å². The second kappa shape index (κ2) is 9.55. The van der Waals surface area contributed by atoms with Gasteiger partial charge in [0.1, 0.15) is 10.5 Å². The summed E-state index contributed by atoms with van der Waals surface area (Å²) in [6.45, 7) is 8.82. The van der Waals surface area contributed by atoms with E-state index in [0.29, 0.717) is 11.6 Å². The predicted molar refractivity (Wildman–Crippen MR) is 117 cm³/mol. The Morgan fingerprint density at radius 1 is 1.17 bits per heavy atom. The van der Waals surface area contributed by atoms with Crippen molar-refractivity contribution in [2.75, 3.05) is 45.1 Å². The summed E-state index contributed by atoms with van der Waals surface area (Å²) >= 11 is 1.37. The van der Waals surface area contributed by atoms with E-state index in [1.54, 1.807) is 0 Å². The van der Waals surface area contributed by atoms with Crippen molar-refractivity contribution in [2.45, 2.75) is 18.9 Å². The van der Waals surface area contributed by atoms with Crippen LogP contribution in [0, 0.1) is 13.8 Å². The van der Waals surface area contributed by atoms with E-state index >= 15 is 0 Å². The van der Waals surface area contributed by atoms with E-state index in [4.69, 9.17) is 9.84 Å². The average molecular weight is 427 g/mol. The number of carbonyl (C=O) groups is 1. The zero-order valence-corrected chi connectivity index (χ0v) is 18.1. The van der Waals surface area contributed by atoms with Crippen LogP contribution >= 0.6 is 11.8 Å². The van der Waals surface area contributed by atoms with Gasteiger partial charge in [-0.15, -0.1) is 5.10 Å². The summed E-state index contributed by atoms with van der Waals surface area (Å²) < 4.78 is 7.25. The summed E-state index contributed by atoms with van der Waals surface area (Å²) in [6.07, 6.45) is 0. The number of amides is 1. The Morgan fingerprint density at radius 3 is 2.70 bits per heavy atom. The molecule has 8 nitrogen and oxygen atoms in total. The molecule has 1 N–H and O–H groups in total. The van der Waals surface area contributed by atoms with Gasteiger partial charge in [0.05, 0.1) is 36.0 Å². The van der Waals surface area contributed by atoms with Crippen LogP contribution in [0.1, 0.15) is 11.4 Å². The SMILES string of the molecule is Cc1nnc(SCC(=O)NCCN2CCOCC2)c2nn(-c3ccccc3)c(C)c12. The number of thioether (sulfide) groups is 1. The Labute approximate surface area is 180 Å². The van der Waals surface area contributed by atoms with Crippen molar-refractivity contribution in [2.24, 2.45) is 0 Å². The molecule has 1 aliphatic heterocycles. The van der Waals surface area contributed by atoms with Crippen LogP contribution in [0.25, 0.3) is 16.6 Å². The van der Waals surface area contributed by atoms with Gasteiger partial charge in [-0.25, -0.2) is 4.68 Å². The number of aromatic nitrogens is 4. The van der Waals surface area contributed by atoms with Crippen molar-refractivity contribution in [1.82, 2.24) is 30.2 Å². The number of nitrogens with one attached hydrogen (secondary N) is 1. The Kier molecular flexibility index (Phi) is 6.61. The monoisotopic (exact) mass is 426 g/mol. The van der Waals surface area contributed by atoms with Gasteiger partial charge in [-0.3, -0.25) is 9.69 Å². The minimum absolute atomic E-state index is 0.0111. The molecule has 0 saturated carbocycles. The summed E-state index contributed by atoms with van der Waals surface area (Å²) in [5, 5.41) is 18.1. The second-order valence-corrected chi connectivity index (χ2v) is 8.20. The maximum Gasteiger partial charge on any atom is 0.230 e. The van der Waals surface area contributed by atoms with Crippen molar-refractivity contribution in [3.05, 3.63) is 41.7 Å². The molecule has 3 aromatic rings. The topological polar surface area (TPSA) is 85.2 Å². The standard InChI is InChI=1S/C21H26N6O2S/c1-15-19-16(2)27(17-6-4-3-5-7-17)25-20(19)21(24-23-15)30-14-18(28)22-8-9-26-10-12-29-13-11-26/h3-7H,8-14H2,1-2H3,(H,22,28). The smallest absolute Gasteiger partial charge is 0.230 e. The fourth-order valence-corrected chi connectivity index (χ4v) is 4.33. The molecule has 158 valence electrons. The summed E-state index contributed by atoms with van der Waals surface area (Å²) in [4.78, 5) is 14.6. The molecule has 0 radical (unpaired) electrons. The minimum Gasteiger partial charge on any atom is -0.379 e. The maximum atomic E-state index is 12.3. The van der Waals surface area contributed by atoms with Gasteiger partial charge in [0.15, 0.2) is 0 Å². The number of benzene rings is 1. The first-order valence-electron chi connectivity index (χ1n) is 10.1. The number of aryl methyl sites for hydroxylation is 2. The highest BCUT2D eigenvalue weighted by molar-refractivity contribution is 8.00. The van der Waals surface area contributed by atoms with Gasteiger partial charge < -0.3 is 10.1 Å². The lowest BCUT2D eigenvalue weighted by Crippen LogP contribution is -2.41. The zero-order valence-electron chi connectivity index (χ0n) is 17.3. The van der Waals surface area contributed by atoms with Crippen LogP contribution < -0.4 is 5.32 Å². The molecule has 0 spiro atoms. The van der Waals surface area contributed by atoms with Gasteiger partial charge in [-0.1, -0.05) is 30.0 Å². The van der Waals surface area contributed by atoms with Crippen molar-refractivity contribution < 1.29 is 9.53 Å². The van der Waals surface area contributed by atoms with E-state index in [1.807, 2.05) is 48.9 Å². The predicted octanol–water partition coefficient (Wildman–Crippen LogP) is 1.97. The van der Waals surface area contributed by atoms with Gasteiger partial charge >= 0.3 is 0 Å². The molecule has 1 fully saturated rings. The fraction of sp³-hybridized carbons (Fsp3) is 0.429. The van der Waals surface area contributed by atoms with Crippen LogP contribution in [0.3, 0.4) is 0 Å². The number of morpholine rings is 1. The molecule has 3 heterocycles. The second-order valence-electron chi connectivity index (χ2n) is 7.24. The molecule has 2 aromatic heterocycles. The van der Waals surface area contributed by atoms with Gasteiger partial charge in [-0.2, -0.15) is 10.2 Å². The molecule has 0 bridgehead atoms. The van der Waals surface area contributed by atoms with E-state index in [9.17, 15) is 4.79 Å². The highest BCUT2D eigenvalue weighted by atomic mass is 32.2. The number of rotatable bonds is 7. The first-order chi connectivity index (χ1) is 14.6. The third kappa shape index (κ3) is 4.63. The van der Waals surface area contributed by atoms with Crippen molar-refractivity contribution in [1.29, 1.82) is 0 Å². The summed E-state index contributed by atoms with van der Waals surface area (Å²) in [7, 11) is 0. The first kappa shape index (κ1) is 20.8. The number of hydrogen-bond donors (Lipinski definition) is 1. The Hall–Kier alpha value is -2.49. The van der Waals surface area contributed by atoms with Crippen LogP contribution in [-0.2, 0) is 9.53 Å². The molecule has 1 saturated heterocycles. The number of carbonyl (C=O) groups excluding carboxylic acids is 1. The largest absolute Gasteiger partial charge is 0.379 e. The molecule has 30 heavy (non-hydrogen) atoms. The molecule has 0 unspecified atom stereocenters. The zero-order chi connectivity index (χ0) is 20.9. The lowest BCUT2D eigenvalue weighted by Gasteiger charge is -2.26. The number of nitrogens with zero attached hydrogens (tertiary/aromatic N) is 5. The molecule has 4 rings (SSSR count). The maximum absolute atomic E-state index is 12.3. The molecule has 1 amide bonds. The van der Waals surface area contributed by atoms with Crippen molar-refractivity contribution in [3.63, 3.8) is 0 Å². The normalized spacial score (nSPS) is 14.9. The number of fused-ring (bicyclic) bond motifs is 1. The highest BCUT2D eigenvalue weighted by Gasteiger charge is 2.18. The summed E-state index contributed by atoms with van der Waals surface area (Å²) in [6, 6.07) is 9.99. The fourth-order valence-electron chi connectivity index (χ4n) is 3.58. The molecule has 9 heteroatoms. The van der Waals surface area contributed by atoms with Crippen LogP contribution in [0.15, 0.2) is 35.4 Å². The quantitative estimate of drug-likeness (QED) is 0.578. The number of para-hydroxylation sites is 1. The van der Waals surface area contributed by atoms with Crippen LogP contribution in [0.4, 0.5) is 0 Å². The number of hydrogen-bond acceptors (Lipinski definition) is 7. The molecule has 1 aromatic carbocycles. The Balaban J connectivity index is 1.42. The summed E-state index contributed by atoms with van der Waals surface area (Å²) in [5.41, 5.74) is 3.63. The van der Waals surface area contributed by atoms with Crippen LogP contribution in [0.2, 0.25) is 0 Å².